The van der Waals surface area contributed by atoms with Crippen molar-refractivity contribution in [2.24, 2.45) is 0 Å². The SMILES string of the molecule is CC(C)(C)NC1CCC(N(C(=O)O)c2ccc(CCCCn3c(=O)oc4cc(CNC[C@@H](O[Si](C)(C)C(C)(C)C)c5ccc(O)c6[nH]c(=O)ccc56)ccc43)cc2-c2ccccc2)CC1. The third-order valence-corrected chi connectivity index (χ3v) is 17.8. The summed E-state index contributed by atoms with van der Waals surface area (Å²) in [6, 6.07) is 29.0. The zero-order chi connectivity index (χ0) is 46.7. The Kier molecular flexibility index (Phi) is 14.3. The highest BCUT2D eigenvalue weighted by atomic mass is 28.4. The number of nitrogens with zero attached hydrogens (tertiary/aromatic N) is 2. The number of aryl methyl sites for hydroxylation is 2. The van der Waals surface area contributed by atoms with Crippen molar-refractivity contribution < 1.29 is 23.9 Å². The minimum Gasteiger partial charge on any atom is -0.506 e. The van der Waals surface area contributed by atoms with E-state index in [4.69, 9.17) is 8.84 Å². The number of aromatic hydroxyl groups is 1. The van der Waals surface area contributed by atoms with Gasteiger partial charge in [0.15, 0.2) is 13.9 Å². The fraction of sp³-hybridized carbons (Fsp3) is 0.442. The lowest BCUT2D eigenvalue weighted by Gasteiger charge is -2.39. The number of benzene rings is 4. The summed E-state index contributed by atoms with van der Waals surface area (Å²) in [6.07, 6.45) is 4.52. The van der Waals surface area contributed by atoms with Gasteiger partial charge in [0.1, 0.15) is 5.75 Å². The molecule has 0 unspecified atom stereocenters. The van der Waals surface area contributed by atoms with Gasteiger partial charge < -0.3 is 34.7 Å². The van der Waals surface area contributed by atoms with Crippen LogP contribution in [0.4, 0.5) is 10.5 Å². The van der Waals surface area contributed by atoms with Crippen molar-refractivity contribution >= 4 is 42.1 Å². The summed E-state index contributed by atoms with van der Waals surface area (Å²) in [5.41, 5.74) is 6.94. The number of rotatable bonds is 16. The normalized spacial score (nSPS) is 16.6. The predicted octanol–water partition coefficient (Wildman–Crippen LogP) is 10.9. The first kappa shape index (κ1) is 47.5. The van der Waals surface area contributed by atoms with Crippen LogP contribution in [0, 0.1) is 0 Å². The first-order valence-corrected chi connectivity index (χ1v) is 26.0. The Bertz CT molecular complexity index is 2720. The number of oxazole rings is 1. The molecule has 4 aromatic carbocycles. The number of anilines is 1. The maximum absolute atomic E-state index is 13.2. The number of H-pyrrole nitrogens is 1. The molecule has 2 aromatic heterocycles. The van der Waals surface area contributed by atoms with Crippen LogP contribution >= 0.6 is 0 Å². The van der Waals surface area contributed by atoms with Crippen molar-refractivity contribution in [2.75, 3.05) is 11.4 Å². The second-order valence-electron chi connectivity index (χ2n) is 20.3. The molecule has 6 aromatic rings. The summed E-state index contributed by atoms with van der Waals surface area (Å²) in [7, 11) is -2.26. The Morgan fingerprint density at radius 1 is 0.908 bits per heavy atom. The first-order chi connectivity index (χ1) is 30.8. The van der Waals surface area contributed by atoms with E-state index in [1.54, 1.807) is 21.6 Å². The highest BCUT2D eigenvalue weighted by molar-refractivity contribution is 6.74. The lowest BCUT2D eigenvalue weighted by molar-refractivity contribution is 0.181. The number of carboxylic acid groups (broad SMARTS) is 1. The van der Waals surface area contributed by atoms with Crippen molar-refractivity contribution in [3.8, 4) is 16.9 Å². The van der Waals surface area contributed by atoms with Crippen LogP contribution in [-0.2, 0) is 23.9 Å². The van der Waals surface area contributed by atoms with E-state index < -0.39 is 20.2 Å². The average molecular weight is 902 g/mol. The van der Waals surface area contributed by atoms with Gasteiger partial charge in [-0.1, -0.05) is 69.3 Å². The summed E-state index contributed by atoms with van der Waals surface area (Å²) < 4.78 is 14.4. The molecule has 12 nitrogen and oxygen atoms in total. The van der Waals surface area contributed by atoms with Crippen LogP contribution in [0.15, 0.2) is 105 Å². The van der Waals surface area contributed by atoms with E-state index in [9.17, 15) is 24.6 Å². The molecule has 5 N–H and O–H groups in total. The second-order valence-corrected chi connectivity index (χ2v) is 25.1. The van der Waals surface area contributed by atoms with Gasteiger partial charge in [0.2, 0.25) is 5.56 Å². The minimum atomic E-state index is -2.26. The zero-order valence-electron chi connectivity index (χ0n) is 39.3. The van der Waals surface area contributed by atoms with Gasteiger partial charge >= 0.3 is 11.8 Å². The van der Waals surface area contributed by atoms with E-state index in [-0.39, 0.29) is 34.0 Å². The number of hydrogen-bond acceptors (Lipinski definition) is 8. The molecular formula is C52H67N5O7Si. The van der Waals surface area contributed by atoms with Crippen molar-refractivity contribution in [1.29, 1.82) is 0 Å². The third-order valence-electron chi connectivity index (χ3n) is 13.3. The topological polar surface area (TPSA) is 162 Å². The van der Waals surface area contributed by atoms with Gasteiger partial charge in [0, 0.05) is 54.3 Å². The number of hydrogen-bond donors (Lipinski definition) is 5. The van der Waals surface area contributed by atoms with Crippen LogP contribution in [0.3, 0.4) is 0 Å². The second kappa shape index (κ2) is 19.6. The number of aromatic amines is 1. The molecule has 0 aliphatic heterocycles. The Morgan fingerprint density at radius 3 is 2.32 bits per heavy atom. The lowest BCUT2D eigenvalue weighted by atomic mass is 9.88. The number of aromatic nitrogens is 2. The van der Waals surface area contributed by atoms with Gasteiger partial charge in [-0.25, -0.2) is 9.59 Å². The molecule has 1 amide bonds. The van der Waals surface area contributed by atoms with Gasteiger partial charge in [0.25, 0.3) is 0 Å². The number of phenols is 1. The summed E-state index contributed by atoms with van der Waals surface area (Å²) in [6.45, 7) is 19.0. The Hall–Kier alpha value is -5.47. The van der Waals surface area contributed by atoms with E-state index in [0.717, 1.165) is 89.4 Å². The molecule has 0 bridgehead atoms. The van der Waals surface area contributed by atoms with Gasteiger partial charge in [-0.05, 0) is 143 Å². The molecule has 346 valence electrons. The van der Waals surface area contributed by atoms with E-state index >= 15 is 0 Å². The maximum Gasteiger partial charge on any atom is 0.419 e. The highest BCUT2D eigenvalue weighted by Gasteiger charge is 2.40. The molecule has 0 saturated heterocycles. The van der Waals surface area contributed by atoms with Gasteiger partial charge in [-0.2, -0.15) is 0 Å². The Labute approximate surface area is 383 Å². The number of carbonyl (C=O) groups is 1. The molecule has 13 heteroatoms. The third kappa shape index (κ3) is 11.3. The number of nitrogens with one attached hydrogen (secondary N) is 3. The number of unbranched alkanes of at least 4 members (excludes halogenated alkanes) is 1. The monoisotopic (exact) mass is 901 g/mol. The van der Waals surface area contributed by atoms with Crippen molar-refractivity contribution in [3.63, 3.8) is 0 Å². The van der Waals surface area contributed by atoms with Crippen LogP contribution in [-0.4, -0.2) is 58.3 Å². The van der Waals surface area contributed by atoms with E-state index in [1.165, 1.54) is 6.07 Å². The molecule has 0 spiro atoms. The van der Waals surface area contributed by atoms with Crippen LogP contribution in [0.1, 0.15) is 103 Å². The molecule has 1 fully saturated rings. The van der Waals surface area contributed by atoms with E-state index in [2.05, 4.69) is 82.4 Å². The average Bonchev–Trinajstić information content (AvgIpc) is 3.56. The van der Waals surface area contributed by atoms with E-state index in [0.29, 0.717) is 36.8 Å². The molecule has 1 saturated carbocycles. The standard InChI is InChI=1S/C52H67N5O7Si/c1-51(2,3)55-37-19-21-38(22-20-37)57(49(60)61)42-25-17-34(30-41(42)36-15-10-9-11-16-36)14-12-13-29-56-43-26-18-35(31-45(43)63-50(56)62)32-53-33-46(64-65(7,8)52(4,5)6)39-23-27-44(58)48-40(39)24-28-47(59)54-48/h9-11,15-18,23-28,30-31,37-38,46,53,55,58H,12-14,19-22,29,32-33H2,1-8H3,(H,54,59)(H,60,61)/t37?,38?,46-/m1/s1. The van der Waals surface area contributed by atoms with Crippen LogP contribution < -0.4 is 26.8 Å². The molecule has 0 radical (unpaired) electrons. The van der Waals surface area contributed by atoms with Crippen LogP contribution in [0.5, 0.6) is 5.75 Å². The summed E-state index contributed by atoms with van der Waals surface area (Å²) in [5.74, 6) is -0.383. The number of pyridine rings is 1. The lowest BCUT2D eigenvalue weighted by Crippen LogP contribution is -2.49. The molecule has 2 heterocycles. The van der Waals surface area contributed by atoms with Crippen molar-refractivity contribution in [2.45, 2.75) is 141 Å². The van der Waals surface area contributed by atoms with Crippen molar-refractivity contribution in [1.82, 2.24) is 20.2 Å². The smallest absolute Gasteiger partial charge is 0.419 e. The van der Waals surface area contributed by atoms with Gasteiger partial charge in [-0.3, -0.25) is 14.3 Å². The quantitative estimate of drug-likeness (QED) is 0.0470. The minimum absolute atomic E-state index is 0.00764. The molecular weight excluding hydrogens is 835 g/mol. The fourth-order valence-corrected chi connectivity index (χ4v) is 10.3. The Morgan fingerprint density at radius 2 is 1.63 bits per heavy atom. The zero-order valence-corrected chi connectivity index (χ0v) is 40.3. The molecule has 1 aliphatic carbocycles. The van der Waals surface area contributed by atoms with Crippen molar-refractivity contribution in [3.05, 3.63) is 129 Å². The van der Waals surface area contributed by atoms with E-state index in [1.807, 2.05) is 60.7 Å². The summed E-state index contributed by atoms with van der Waals surface area (Å²) >= 11 is 0. The van der Waals surface area contributed by atoms with Gasteiger partial charge in [-0.15, -0.1) is 0 Å². The molecule has 1 aliphatic rings. The fourth-order valence-electron chi connectivity index (χ4n) is 9.01. The molecule has 1 atom stereocenters. The van der Waals surface area contributed by atoms with Crippen LogP contribution in [0.25, 0.3) is 33.1 Å². The number of fused-ring (bicyclic) bond motifs is 2. The maximum atomic E-state index is 13.2. The predicted molar refractivity (Wildman–Crippen MR) is 264 cm³/mol. The molecule has 7 rings (SSSR count). The largest absolute Gasteiger partial charge is 0.506 e. The van der Waals surface area contributed by atoms with Gasteiger partial charge in [0.05, 0.1) is 22.8 Å². The summed E-state index contributed by atoms with van der Waals surface area (Å²) in [4.78, 5) is 42.6. The first-order valence-electron chi connectivity index (χ1n) is 23.1. The number of phenolic OH excluding ortho intramolecular Hbond substituents is 1. The molecule has 65 heavy (non-hydrogen) atoms. The number of amides is 1. The van der Waals surface area contributed by atoms with Crippen LogP contribution in [0.2, 0.25) is 18.1 Å². The Balaban J connectivity index is 1.01. The summed E-state index contributed by atoms with van der Waals surface area (Å²) in [5, 5.41) is 29.1. The highest BCUT2D eigenvalue weighted by Crippen LogP contribution is 2.41.